The maximum atomic E-state index is 11.0. The van der Waals surface area contributed by atoms with Crippen LogP contribution in [0.1, 0.15) is 0 Å². The smallest absolute Gasteiger partial charge is 0.318 e. The number of rotatable bonds is 3. The zero-order chi connectivity index (χ0) is 12.1. The largest absolute Gasteiger partial charge is 0.484 e. The molecule has 5 N–H and O–H groups in total. The van der Waals surface area contributed by atoms with Crippen LogP contribution in [-0.4, -0.2) is 18.5 Å². The van der Waals surface area contributed by atoms with E-state index in [9.17, 15) is 9.59 Å². The highest BCUT2D eigenvalue weighted by Crippen LogP contribution is 2.22. The van der Waals surface area contributed by atoms with E-state index in [4.69, 9.17) is 16.2 Å². The highest BCUT2D eigenvalue weighted by molar-refractivity contribution is 9.10. The molecule has 1 aromatic carbocycles. The average Bonchev–Trinajstić information content (AvgIpc) is 2.12. The zero-order valence-electron chi connectivity index (χ0n) is 8.20. The summed E-state index contributed by atoms with van der Waals surface area (Å²) in [6.45, 7) is -0.307. The molecule has 0 atom stereocenters. The van der Waals surface area contributed by atoms with Crippen LogP contribution >= 0.6 is 15.9 Å². The fourth-order valence-corrected chi connectivity index (χ4v) is 1.48. The third kappa shape index (κ3) is 4.18. The van der Waals surface area contributed by atoms with Gasteiger partial charge in [0.25, 0.3) is 5.91 Å². The van der Waals surface area contributed by atoms with Crippen molar-refractivity contribution in [3.8, 4) is 5.75 Å². The number of amides is 3. The molecule has 0 aliphatic carbocycles. The van der Waals surface area contributed by atoms with Gasteiger partial charge in [0, 0.05) is 16.2 Å². The van der Waals surface area contributed by atoms with Crippen molar-refractivity contribution in [3.05, 3.63) is 22.7 Å². The summed E-state index contributed by atoms with van der Waals surface area (Å²) >= 11 is 3.23. The Morgan fingerprint density at radius 1 is 1.38 bits per heavy atom. The highest BCUT2D eigenvalue weighted by Gasteiger charge is 2.05. The molecule has 0 aliphatic rings. The number of anilines is 1. The number of primary amides is 1. The van der Waals surface area contributed by atoms with Gasteiger partial charge in [-0.15, -0.1) is 0 Å². The van der Waals surface area contributed by atoms with E-state index in [0.717, 1.165) is 4.47 Å². The van der Waals surface area contributed by atoms with Crippen LogP contribution in [0.25, 0.3) is 0 Å². The predicted octanol–water partition coefficient (Wildman–Crippen LogP) is 0.605. The van der Waals surface area contributed by atoms with Crippen LogP contribution in [0.15, 0.2) is 22.7 Å². The van der Waals surface area contributed by atoms with Gasteiger partial charge in [-0.25, -0.2) is 4.79 Å². The zero-order valence-corrected chi connectivity index (χ0v) is 9.78. The molecular weight excluding hydrogens is 278 g/mol. The molecule has 3 amide bonds. The van der Waals surface area contributed by atoms with E-state index in [0.29, 0.717) is 11.4 Å². The van der Waals surface area contributed by atoms with Crippen LogP contribution in [-0.2, 0) is 4.79 Å². The monoisotopic (exact) mass is 287 g/mol. The molecule has 7 heteroatoms. The number of urea groups is 1. The van der Waals surface area contributed by atoms with E-state index < -0.39 is 11.9 Å². The first kappa shape index (κ1) is 12.3. The number of imide groups is 1. The van der Waals surface area contributed by atoms with Crippen molar-refractivity contribution >= 4 is 33.6 Å². The van der Waals surface area contributed by atoms with Gasteiger partial charge in [-0.3, -0.25) is 10.1 Å². The predicted molar refractivity (Wildman–Crippen MR) is 61.8 cm³/mol. The lowest BCUT2D eigenvalue weighted by molar-refractivity contribution is -0.121. The van der Waals surface area contributed by atoms with Gasteiger partial charge in [0.2, 0.25) is 0 Å². The minimum atomic E-state index is -0.914. The quantitative estimate of drug-likeness (QED) is 0.708. The van der Waals surface area contributed by atoms with E-state index in [2.05, 4.69) is 15.9 Å². The molecular formula is C9H10BrN3O3. The van der Waals surface area contributed by atoms with Crippen molar-refractivity contribution in [3.63, 3.8) is 0 Å². The summed E-state index contributed by atoms with van der Waals surface area (Å²) in [5.41, 5.74) is 10.8. The molecule has 0 saturated carbocycles. The Morgan fingerprint density at radius 3 is 2.62 bits per heavy atom. The fourth-order valence-electron chi connectivity index (χ4n) is 0.990. The van der Waals surface area contributed by atoms with Crippen molar-refractivity contribution in [2.45, 2.75) is 0 Å². The summed E-state index contributed by atoms with van der Waals surface area (Å²) in [6, 6.07) is 3.98. The molecule has 0 heterocycles. The molecule has 1 rings (SSSR count). The molecule has 0 radical (unpaired) electrons. The number of halogens is 1. The number of carbonyl (C=O) groups is 2. The summed E-state index contributed by atoms with van der Waals surface area (Å²) in [6.07, 6.45) is 0. The average molecular weight is 288 g/mol. The normalized spacial score (nSPS) is 9.56. The Hall–Kier alpha value is -1.76. The summed E-state index contributed by atoms with van der Waals surface area (Å²) in [5.74, 6) is -0.197. The molecule has 0 unspecified atom stereocenters. The summed E-state index contributed by atoms with van der Waals surface area (Å²) < 4.78 is 5.83. The Morgan fingerprint density at radius 2 is 2.06 bits per heavy atom. The first-order valence-corrected chi connectivity index (χ1v) is 5.05. The lowest BCUT2D eigenvalue weighted by Crippen LogP contribution is -2.38. The molecule has 86 valence electrons. The standard InChI is InChI=1S/C9H10BrN3O3/c10-5-1-6(11)3-7(2-5)16-4-8(14)13-9(12)15/h1-3H,4,11H2,(H3,12,13,14,15). The first-order chi connectivity index (χ1) is 7.47. The number of nitrogen functional groups attached to an aromatic ring is 1. The fraction of sp³-hybridized carbons (Fsp3) is 0.111. The van der Waals surface area contributed by atoms with Crippen LogP contribution in [0.3, 0.4) is 0 Å². The van der Waals surface area contributed by atoms with Gasteiger partial charge in [0.05, 0.1) is 0 Å². The molecule has 0 spiro atoms. The molecule has 0 saturated heterocycles. The minimum Gasteiger partial charge on any atom is -0.484 e. The number of hydrogen-bond donors (Lipinski definition) is 3. The number of benzene rings is 1. The molecule has 0 aromatic heterocycles. The Bertz CT molecular complexity index is 402. The Kier molecular flexibility index (Phi) is 4.12. The van der Waals surface area contributed by atoms with Gasteiger partial charge in [0.15, 0.2) is 6.61 Å². The number of nitrogens with one attached hydrogen (secondary N) is 1. The van der Waals surface area contributed by atoms with Crippen LogP contribution in [0, 0.1) is 0 Å². The molecule has 16 heavy (non-hydrogen) atoms. The Balaban J connectivity index is 2.54. The van der Waals surface area contributed by atoms with Gasteiger partial charge >= 0.3 is 6.03 Å². The van der Waals surface area contributed by atoms with Crippen molar-refractivity contribution in [1.29, 1.82) is 0 Å². The summed E-state index contributed by atoms with van der Waals surface area (Å²) in [5, 5.41) is 1.87. The van der Waals surface area contributed by atoms with Gasteiger partial charge in [0.1, 0.15) is 5.75 Å². The van der Waals surface area contributed by atoms with E-state index in [1.807, 2.05) is 5.32 Å². The van der Waals surface area contributed by atoms with E-state index >= 15 is 0 Å². The molecule has 6 nitrogen and oxygen atoms in total. The van der Waals surface area contributed by atoms with Gasteiger partial charge < -0.3 is 16.2 Å². The van der Waals surface area contributed by atoms with E-state index in [-0.39, 0.29) is 6.61 Å². The highest BCUT2D eigenvalue weighted by atomic mass is 79.9. The molecule has 0 aliphatic heterocycles. The number of ether oxygens (including phenoxy) is 1. The molecule has 0 fully saturated rings. The van der Waals surface area contributed by atoms with E-state index in [1.54, 1.807) is 18.2 Å². The van der Waals surface area contributed by atoms with Gasteiger partial charge in [-0.2, -0.15) is 0 Å². The maximum absolute atomic E-state index is 11.0. The van der Waals surface area contributed by atoms with Crippen LogP contribution in [0.5, 0.6) is 5.75 Å². The second-order valence-corrected chi connectivity index (χ2v) is 3.84. The second kappa shape index (κ2) is 5.36. The first-order valence-electron chi connectivity index (χ1n) is 4.25. The third-order valence-corrected chi connectivity index (χ3v) is 1.98. The van der Waals surface area contributed by atoms with Crippen LogP contribution in [0.4, 0.5) is 10.5 Å². The Labute approximate surface area is 100 Å². The van der Waals surface area contributed by atoms with Crippen molar-refractivity contribution < 1.29 is 14.3 Å². The topological polar surface area (TPSA) is 107 Å². The molecule has 1 aromatic rings. The van der Waals surface area contributed by atoms with Crippen LogP contribution < -0.4 is 21.5 Å². The van der Waals surface area contributed by atoms with Crippen LogP contribution in [0.2, 0.25) is 0 Å². The van der Waals surface area contributed by atoms with Crippen molar-refractivity contribution in [2.24, 2.45) is 5.73 Å². The summed E-state index contributed by atoms with van der Waals surface area (Å²) in [7, 11) is 0. The van der Waals surface area contributed by atoms with Gasteiger partial charge in [-0.05, 0) is 12.1 Å². The third-order valence-electron chi connectivity index (χ3n) is 1.53. The van der Waals surface area contributed by atoms with Gasteiger partial charge in [-0.1, -0.05) is 15.9 Å². The minimum absolute atomic E-state index is 0.307. The number of hydrogen-bond acceptors (Lipinski definition) is 4. The maximum Gasteiger partial charge on any atom is 0.318 e. The van der Waals surface area contributed by atoms with Crippen molar-refractivity contribution in [2.75, 3.05) is 12.3 Å². The van der Waals surface area contributed by atoms with Crippen molar-refractivity contribution in [1.82, 2.24) is 5.32 Å². The SMILES string of the molecule is NC(=O)NC(=O)COc1cc(N)cc(Br)c1. The summed E-state index contributed by atoms with van der Waals surface area (Å²) in [4.78, 5) is 21.4. The lowest BCUT2D eigenvalue weighted by Gasteiger charge is -2.06. The van der Waals surface area contributed by atoms with E-state index in [1.165, 1.54) is 0 Å². The molecule has 0 bridgehead atoms. The lowest BCUT2D eigenvalue weighted by atomic mass is 10.3. The number of nitrogens with two attached hydrogens (primary N) is 2. The number of carbonyl (C=O) groups excluding carboxylic acids is 2. The second-order valence-electron chi connectivity index (χ2n) is 2.92.